The van der Waals surface area contributed by atoms with E-state index < -0.39 is 5.60 Å². The molecule has 0 aliphatic carbocycles. The molecule has 1 unspecified atom stereocenters. The predicted molar refractivity (Wildman–Crippen MR) is 62.2 cm³/mol. The Bertz CT molecular complexity index is 175. The maximum absolute atomic E-state index is 11.6. The van der Waals surface area contributed by atoms with E-state index in [1.165, 1.54) is 0 Å². The van der Waals surface area contributed by atoms with Crippen LogP contribution in [0, 0.1) is 0 Å². The highest BCUT2D eigenvalue weighted by atomic mass is 127. The molecule has 4 heteroatoms. The fourth-order valence-corrected chi connectivity index (χ4v) is 1.93. The molecule has 0 aliphatic heterocycles. The second kappa shape index (κ2) is 5.14. The summed E-state index contributed by atoms with van der Waals surface area (Å²) in [5.41, 5.74) is -0.392. The minimum absolute atomic E-state index is 0.139. The zero-order valence-electron chi connectivity index (χ0n) is 8.93. The third-order valence-electron chi connectivity index (χ3n) is 1.45. The second-order valence-electron chi connectivity index (χ2n) is 4.17. The lowest BCUT2D eigenvalue weighted by Crippen LogP contribution is -2.41. The van der Waals surface area contributed by atoms with Crippen molar-refractivity contribution in [2.24, 2.45) is 0 Å². The number of hydrogen-bond acceptors (Lipinski definition) is 3. The lowest BCUT2D eigenvalue weighted by atomic mass is 10.2. The van der Waals surface area contributed by atoms with Crippen LogP contribution in [0.25, 0.3) is 0 Å². The summed E-state index contributed by atoms with van der Waals surface area (Å²) in [4.78, 5) is 13.4. The topological polar surface area (TPSA) is 29.5 Å². The molecule has 0 saturated carbocycles. The number of carbonyl (C=O) groups is 1. The average Bonchev–Trinajstić information content (AvgIpc) is 1.82. The summed E-state index contributed by atoms with van der Waals surface area (Å²) in [6.45, 7) is 5.64. The van der Waals surface area contributed by atoms with Gasteiger partial charge in [0.1, 0.15) is 11.6 Å². The molecule has 0 aromatic heterocycles. The van der Waals surface area contributed by atoms with Crippen LogP contribution in [0.3, 0.4) is 0 Å². The van der Waals surface area contributed by atoms with E-state index in [9.17, 15) is 4.79 Å². The van der Waals surface area contributed by atoms with Gasteiger partial charge in [-0.2, -0.15) is 0 Å². The molecule has 0 aliphatic rings. The highest BCUT2D eigenvalue weighted by Gasteiger charge is 2.25. The molecule has 0 amide bonds. The highest BCUT2D eigenvalue weighted by Crippen LogP contribution is 2.11. The van der Waals surface area contributed by atoms with E-state index in [1.54, 1.807) is 0 Å². The van der Waals surface area contributed by atoms with E-state index in [2.05, 4.69) is 22.6 Å². The zero-order valence-corrected chi connectivity index (χ0v) is 11.1. The van der Waals surface area contributed by atoms with Crippen LogP contribution in [0.1, 0.15) is 20.8 Å². The van der Waals surface area contributed by atoms with Crippen molar-refractivity contribution in [2.75, 3.05) is 18.5 Å². The number of rotatable bonds is 3. The van der Waals surface area contributed by atoms with E-state index in [1.807, 2.05) is 39.8 Å². The molecule has 0 aromatic rings. The molecule has 0 N–H and O–H groups in total. The molecule has 0 bridgehead atoms. The molecule has 3 nitrogen and oxygen atoms in total. The first kappa shape index (κ1) is 13.2. The molecule has 13 heavy (non-hydrogen) atoms. The summed E-state index contributed by atoms with van der Waals surface area (Å²) in [7, 11) is 3.76. The Morgan fingerprint density at radius 1 is 1.46 bits per heavy atom. The number of hydrogen-bond donors (Lipinski definition) is 0. The molecule has 1 atom stereocenters. The first-order chi connectivity index (χ1) is 5.78. The van der Waals surface area contributed by atoms with Crippen molar-refractivity contribution in [3.8, 4) is 0 Å². The Balaban J connectivity index is 4.23. The largest absolute Gasteiger partial charge is 0.459 e. The van der Waals surface area contributed by atoms with Gasteiger partial charge in [-0.1, -0.05) is 22.6 Å². The lowest BCUT2D eigenvalue weighted by molar-refractivity contribution is -0.159. The second-order valence-corrected chi connectivity index (χ2v) is 5.05. The minimum Gasteiger partial charge on any atom is -0.459 e. The van der Waals surface area contributed by atoms with Gasteiger partial charge >= 0.3 is 5.97 Å². The lowest BCUT2D eigenvalue weighted by Gasteiger charge is -2.26. The van der Waals surface area contributed by atoms with Crippen molar-refractivity contribution in [3.05, 3.63) is 0 Å². The Hall–Kier alpha value is 0.160. The smallest absolute Gasteiger partial charge is 0.324 e. The Kier molecular flexibility index (Phi) is 5.21. The molecular formula is C9H18INO2. The molecular weight excluding hydrogens is 281 g/mol. The van der Waals surface area contributed by atoms with Crippen LogP contribution in [0.2, 0.25) is 0 Å². The predicted octanol–water partition coefficient (Wildman–Crippen LogP) is 1.69. The summed E-state index contributed by atoms with van der Waals surface area (Å²) in [5.74, 6) is -0.146. The molecule has 0 heterocycles. The number of halogens is 1. The van der Waals surface area contributed by atoms with E-state index in [4.69, 9.17) is 4.74 Å². The van der Waals surface area contributed by atoms with Crippen molar-refractivity contribution >= 4 is 28.6 Å². The van der Waals surface area contributed by atoms with E-state index in [0.717, 1.165) is 4.43 Å². The normalized spacial score (nSPS) is 14.4. The maximum Gasteiger partial charge on any atom is 0.324 e. The fraction of sp³-hybridized carbons (Fsp3) is 0.889. The fourth-order valence-electron chi connectivity index (χ4n) is 0.782. The van der Waals surface area contributed by atoms with Crippen molar-refractivity contribution in [2.45, 2.75) is 32.4 Å². The zero-order chi connectivity index (χ0) is 10.6. The molecule has 0 fully saturated rings. The summed E-state index contributed by atoms with van der Waals surface area (Å²) >= 11 is 2.19. The van der Waals surface area contributed by atoms with Crippen LogP contribution in [0.4, 0.5) is 0 Å². The summed E-state index contributed by atoms with van der Waals surface area (Å²) < 4.78 is 6.02. The molecule has 0 spiro atoms. The molecule has 0 rings (SSSR count). The average molecular weight is 299 g/mol. The van der Waals surface area contributed by atoms with Gasteiger partial charge in [0.25, 0.3) is 0 Å². The Labute approximate surface area is 94.0 Å². The minimum atomic E-state index is -0.392. The van der Waals surface area contributed by atoms with E-state index in [-0.39, 0.29) is 12.0 Å². The van der Waals surface area contributed by atoms with Crippen molar-refractivity contribution in [1.82, 2.24) is 4.90 Å². The molecule has 78 valence electrons. The van der Waals surface area contributed by atoms with Gasteiger partial charge in [0.05, 0.1) is 0 Å². The van der Waals surface area contributed by atoms with Gasteiger partial charge in [0, 0.05) is 4.43 Å². The van der Waals surface area contributed by atoms with Crippen LogP contribution in [-0.4, -0.2) is 41.0 Å². The number of esters is 1. The summed E-state index contributed by atoms with van der Waals surface area (Å²) in [6.07, 6.45) is 0. The first-order valence-electron chi connectivity index (χ1n) is 4.23. The van der Waals surface area contributed by atoms with Gasteiger partial charge in [-0.05, 0) is 34.9 Å². The summed E-state index contributed by atoms with van der Waals surface area (Å²) in [6, 6.07) is -0.139. The van der Waals surface area contributed by atoms with Crippen molar-refractivity contribution in [1.29, 1.82) is 0 Å². The standard InChI is InChI=1S/C9H18INO2/c1-9(2,3)13-8(12)7(6-10)11(4)5/h7H,6H2,1-5H3. The number of alkyl halides is 1. The van der Waals surface area contributed by atoms with Crippen LogP contribution < -0.4 is 0 Å². The van der Waals surface area contributed by atoms with Crippen LogP contribution in [0.5, 0.6) is 0 Å². The van der Waals surface area contributed by atoms with Gasteiger partial charge < -0.3 is 4.74 Å². The van der Waals surface area contributed by atoms with Gasteiger partial charge in [-0.25, -0.2) is 0 Å². The Morgan fingerprint density at radius 2 is 1.92 bits per heavy atom. The summed E-state index contributed by atoms with van der Waals surface area (Å²) in [5, 5.41) is 0. The van der Waals surface area contributed by atoms with E-state index >= 15 is 0 Å². The number of nitrogens with zero attached hydrogens (tertiary/aromatic N) is 1. The molecule has 0 saturated heterocycles. The first-order valence-corrected chi connectivity index (χ1v) is 5.75. The maximum atomic E-state index is 11.6. The van der Waals surface area contributed by atoms with Gasteiger partial charge in [0.15, 0.2) is 0 Å². The third kappa shape index (κ3) is 5.46. The van der Waals surface area contributed by atoms with Gasteiger partial charge in [0.2, 0.25) is 0 Å². The van der Waals surface area contributed by atoms with Crippen LogP contribution in [-0.2, 0) is 9.53 Å². The number of likely N-dealkylation sites (N-methyl/N-ethyl adjacent to an activating group) is 1. The molecule has 0 aromatic carbocycles. The quantitative estimate of drug-likeness (QED) is 0.451. The van der Waals surface area contributed by atoms with Gasteiger partial charge in [-0.3, -0.25) is 9.69 Å². The molecule has 0 radical (unpaired) electrons. The monoisotopic (exact) mass is 299 g/mol. The Morgan fingerprint density at radius 3 is 2.15 bits per heavy atom. The third-order valence-corrected chi connectivity index (χ3v) is 2.28. The van der Waals surface area contributed by atoms with E-state index in [0.29, 0.717) is 0 Å². The van der Waals surface area contributed by atoms with Crippen molar-refractivity contribution < 1.29 is 9.53 Å². The highest BCUT2D eigenvalue weighted by molar-refractivity contribution is 14.1. The van der Waals surface area contributed by atoms with Crippen LogP contribution >= 0.6 is 22.6 Å². The number of ether oxygens (including phenoxy) is 1. The van der Waals surface area contributed by atoms with Crippen LogP contribution in [0.15, 0.2) is 0 Å². The number of carbonyl (C=O) groups excluding carboxylic acids is 1. The SMILES string of the molecule is CN(C)C(CI)C(=O)OC(C)(C)C. The van der Waals surface area contributed by atoms with Crippen molar-refractivity contribution in [3.63, 3.8) is 0 Å². The van der Waals surface area contributed by atoms with Gasteiger partial charge in [-0.15, -0.1) is 0 Å².